The normalized spacial score (nSPS) is 33.6. The summed E-state index contributed by atoms with van der Waals surface area (Å²) in [7, 11) is 0. The Kier molecular flexibility index (Phi) is 6.99. The Morgan fingerprint density at radius 2 is 1.31 bits per heavy atom. The van der Waals surface area contributed by atoms with Crippen molar-refractivity contribution in [2.24, 2.45) is 45.3 Å². The smallest absolute Gasteiger partial charge is 0.312 e. The first-order valence-corrected chi connectivity index (χ1v) is 12.1. The Labute approximate surface area is 181 Å². The Morgan fingerprint density at radius 1 is 0.793 bits per heavy atom. The van der Waals surface area contributed by atoms with Crippen molar-refractivity contribution in [3.63, 3.8) is 0 Å². The van der Waals surface area contributed by atoms with Gasteiger partial charge in [0.2, 0.25) is 0 Å². The Hall–Kier alpha value is -0.530. The van der Waals surface area contributed by atoms with Gasteiger partial charge in [0.1, 0.15) is 6.10 Å². The van der Waals surface area contributed by atoms with Crippen LogP contribution in [0.3, 0.4) is 0 Å². The molecular formula is C27H50O2. The van der Waals surface area contributed by atoms with E-state index in [1.807, 2.05) is 0 Å². The molecule has 0 N–H and O–H groups in total. The van der Waals surface area contributed by atoms with E-state index in [1.165, 1.54) is 25.7 Å². The van der Waals surface area contributed by atoms with Crippen LogP contribution >= 0.6 is 0 Å². The third-order valence-electron chi connectivity index (χ3n) is 7.62. The van der Waals surface area contributed by atoms with Crippen LogP contribution in [0.1, 0.15) is 115 Å². The lowest BCUT2D eigenvalue weighted by Crippen LogP contribution is -2.46. The molecule has 6 atom stereocenters. The molecule has 170 valence electrons. The predicted octanol–water partition coefficient (Wildman–Crippen LogP) is 7.90. The molecule has 2 heteroatoms. The van der Waals surface area contributed by atoms with E-state index in [2.05, 4.69) is 76.2 Å². The summed E-state index contributed by atoms with van der Waals surface area (Å²) in [6, 6.07) is 0. The van der Waals surface area contributed by atoms with E-state index in [0.29, 0.717) is 11.3 Å². The van der Waals surface area contributed by atoms with Crippen molar-refractivity contribution in [3.05, 3.63) is 0 Å². The van der Waals surface area contributed by atoms with Crippen LogP contribution in [-0.4, -0.2) is 12.1 Å². The first kappa shape index (κ1) is 24.7. The second-order valence-corrected chi connectivity index (χ2v) is 14.4. The minimum absolute atomic E-state index is 0.0528. The zero-order chi connectivity index (χ0) is 22.4. The highest BCUT2D eigenvalue weighted by atomic mass is 16.5. The molecule has 0 heterocycles. The lowest BCUT2D eigenvalue weighted by atomic mass is 9.61. The van der Waals surface area contributed by atoms with Gasteiger partial charge in [0.15, 0.2) is 0 Å². The van der Waals surface area contributed by atoms with Gasteiger partial charge in [0.05, 0.1) is 5.41 Å². The highest BCUT2D eigenvalue weighted by molar-refractivity contribution is 5.77. The fraction of sp³-hybridized carbons (Fsp3) is 0.963. The number of fused-ring (bicyclic) bond motifs is 5. The number of ether oxygens (including phenoxy) is 1. The molecule has 0 radical (unpaired) electrons. The molecule has 0 aromatic carbocycles. The van der Waals surface area contributed by atoms with Crippen molar-refractivity contribution in [2.75, 3.05) is 0 Å². The molecule has 3 rings (SSSR count). The van der Waals surface area contributed by atoms with Gasteiger partial charge in [-0.15, -0.1) is 0 Å². The molecule has 0 aromatic rings. The fourth-order valence-corrected chi connectivity index (χ4v) is 6.11. The average Bonchev–Trinajstić information content (AvgIpc) is 3.14. The molecule has 29 heavy (non-hydrogen) atoms. The van der Waals surface area contributed by atoms with Crippen LogP contribution < -0.4 is 0 Å². The molecule has 6 unspecified atom stereocenters. The molecule has 3 fully saturated rings. The van der Waals surface area contributed by atoms with Crippen LogP contribution in [0.2, 0.25) is 0 Å². The number of rotatable bonds is 3. The molecule has 3 aliphatic rings. The molecular weight excluding hydrogens is 356 g/mol. The van der Waals surface area contributed by atoms with E-state index < -0.39 is 5.41 Å². The zero-order valence-corrected chi connectivity index (χ0v) is 21.4. The van der Waals surface area contributed by atoms with Crippen LogP contribution in [0, 0.1) is 45.3 Å². The maximum absolute atomic E-state index is 13.3. The second kappa shape index (κ2) is 8.19. The molecule has 0 aromatic heterocycles. The molecule has 2 nitrogen and oxygen atoms in total. The summed E-state index contributed by atoms with van der Waals surface area (Å²) in [5.74, 6) is 3.35. The minimum Gasteiger partial charge on any atom is -0.462 e. The van der Waals surface area contributed by atoms with E-state index in [4.69, 9.17) is 4.74 Å². The predicted molar refractivity (Wildman–Crippen MR) is 124 cm³/mol. The molecule has 0 spiro atoms. The van der Waals surface area contributed by atoms with Crippen molar-refractivity contribution >= 4 is 5.97 Å². The van der Waals surface area contributed by atoms with Crippen LogP contribution in [0.4, 0.5) is 0 Å². The zero-order valence-electron chi connectivity index (χ0n) is 21.4. The molecule has 3 saturated carbocycles. The Balaban J connectivity index is 0.000000537. The molecule has 3 aliphatic carbocycles. The Morgan fingerprint density at radius 3 is 1.79 bits per heavy atom. The third-order valence-corrected chi connectivity index (χ3v) is 7.62. The summed E-state index contributed by atoms with van der Waals surface area (Å²) in [6.45, 7) is 24.1. The summed E-state index contributed by atoms with van der Waals surface area (Å²) in [6.07, 6.45) is 7.71. The number of hydrogen-bond donors (Lipinski definition) is 0. The lowest BCUT2D eigenvalue weighted by molar-refractivity contribution is -0.174. The van der Waals surface area contributed by atoms with E-state index in [9.17, 15) is 4.79 Å². The minimum atomic E-state index is -0.428. The lowest BCUT2D eigenvalue weighted by Gasteiger charge is -2.44. The quantitative estimate of drug-likeness (QED) is 0.445. The standard InChI is InChI=1S/C22H38O2.C5H12/c1-20(2,3)13-22(7,21(4,5)6)19(23)24-18-12-14-11-17(18)16-10-8-9-15(14)16;1-5(2,3)4/h14-18H,8-13H2,1-7H3;1-4H3. The van der Waals surface area contributed by atoms with Crippen molar-refractivity contribution in [2.45, 2.75) is 121 Å². The van der Waals surface area contributed by atoms with Gasteiger partial charge in [0, 0.05) is 0 Å². The topological polar surface area (TPSA) is 26.3 Å². The maximum Gasteiger partial charge on any atom is 0.312 e. The highest BCUT2D eigenvalue weighted by Gasteiger charge is 2.56. The van der Waals surface area contributed by atoms with E-state index in [1.54, 1.807) is 0 Å². The van der Waals surface area contributed by atoms with Gasteiger partial charge >= 0.3 is 5.97 Å². The number of carbonyl (C=O) groups is 1. The Bertz CT molecular complexity index is 565. The highest BCUT2D eigenvalue weighted by Crippen LogP contribution is 2.60. The van der Waals surface area contributed by atoms with Gasteiger partial charge in [-0.2, -0.15) is 0 Å². The number of hydrogen-bond acceptors (Lipinski definition) is 2. The molecule has 0 aliphatic heterocycles. The van der Waals surface area contributed by atoms with Gasteiger partial charge < -0.3 is 4.74 Å². The summed E-state index contributed by atoms with van der Waals surface area (Å²) in [4.78, 5) is 13.3. The molecule has 0 amide bonds. The van der Waals surface area contributed by atoms with Gasteiger partial charge in [-0.05, 0) is 78.9 Å². The van der Waals surface area contributed by atoms with Crippen molar-refractivity contribution in [3.8, 4) is 0 Å². The summed E-state index contributed by atoms with van der Waals surface area (Å²) >= 11 is 0. The monoisotopic (exact) mass is 406 g/mol. The van der Waals surface area contributed by atoms with Crippen molar-refractivity contribution in [1.29, 1.82) is 0 Å². The SMILES string of the molecule is CC(C)(C)C.CC(C)(C)CC(C)(C(=O)OC1CC2CC1C1CCCC21)C(C)(C)C. The van der Waals surface area contributed by atoms with E-state index in [0.717, 1.165) is 30.6 Å². The summed E-state index contributed by atoms with van der Waals surface area (Å²) in [5.41, 5.74) is 0.0965. The van der Waals surface area contributed by atoms with Gasteiger partial charge in [0.25, 0.3) is 0 Å². The maximum atomic E-state index is 13.3. The van der Waals surface area contributed by atoms with E-state index >= 15 is 0 Å². The first-order chi connectivity index (χ1) is 12.9. The average molecular weight is 407 g/mol. The second-order valence-electron chi connectivity index (χ2n) is 14.4. The first-order valence-electron chi connectivity index (χ1n) is 12.1. The van der Waals surface area contributed by atoms with Crippen molar-refractivity contribution in [1.82, 2.24) is 0 Å². The third kappa shape index (κ3) is 6.01. The molecule has 0 saturated heterocycles. The van der Waals surface area contributed by atoms with Crippen LogP contribution in [0.5, 0.6) is 0 Å². The summed E-state index contributed by atoms with van der Waals surface area (Å²) < 4.78 is 6.25. The van der Waals surface area contributed by atoms with E-state index in [-0.39, 0.29) is 22.9 Å². The van der Waals surface area contributed by atoms with Gasteiger partial charge in [-0.1, -0.05) is 75.7 Å². The number of carbonyl (C=O) groups excluding carboxylic acids is 1. The molecule has 2 bridgehead atoms. The van der Waals surface area contributed by atoms with Crippen molar-refractivity contribution < 1.29 is 9.53 Å². The fourth-order valence-electron chi connectivity index (χ4n) is 6.11. The number of esters is 1. The van der Waals surface area contributed by atoms with Gasteiger partial charge in [-0.25, -0.2) is 0 Å². The van der Waals surface area contributed by atoms with Crippen LogP contribution in [0.25, 0.3) is 0 Å². The largest absolute Gasteiger partial charge is 0.462 e. The van der Waals surface area contributed by atoms with Crippen LogP contribution in [0.15, 0.2) is 0 Å². The van der Waals surface area contributed by atoms with Gasteiger partial charge in [-0.3, -0.25) is 4.79 Å². The summed E-state index contributed by atoms with van der Waals surface area (Å²) in [5, 5.41) is 0. The van der Waals surface area contributed by atoms with Crippen LogP contribution in [-0.2, 0) is 9.53 Å².